The molecule has 1 aromatic rings. The van der Waals surface area contributed by atoms with Crippen molar-refractivity contribution in [2.45, 2.75) is 38.5 Å². The first-order valence-electron chi connectivity index (χ1n) is 6.23. The van der Waals surface area contributed by atoms with Crippen molar-refractivity contribution in [3.63, 3.8) is 0 Å². The molecule has 2 rings (SSSR count). The average molecular weight is 253 g/mol. The van der Waals surface area contributed by atoms with E-state index in [1.54, 1.807) is 18.5 Å². The van der Waals surface area contributed by atoms with Gasteiger partial charge in [-0.05, 0) is 61.6 Å². The predicted octanol–water partition coefficient (Wildman–Crippen LogP) is 5.16. The van der Waals surface area contributed by atoms with Gasteiger partial charge in [-0.2, -0.15) is 0 Å². The van der Waals surface area contributed by atoms with E-state index < -0.39 is 0 Å². The molecule has 0 nitrogen and oxygen atoms in total. The van der Waals surface area contributed by atoms with Crippen LogP contribution in [0.25, 0.3) is 0 Å². The Morgan fingerprint density at radius 2 is 1.94 bits per heavy atom. The Labute approximate surface area is 107 Å². The highest BCUT2D eigenvalue weighted by Crippen LogP contribution is 2.36. The molecule has 0 heterocycles. The molecule has 2 heteroatoms. The number of halogens is 2. The van der Waals surface area contributed by atoms with E-state index >= 15 is 0 Å². The first-order valence-corrected chi connectivity index (χ1v) is 6.67. The SMILES string of the molecule is Cc1ccc([C@H]2CC[C@H](/C=C/Cl)CC2)cc1F. The summed E-state index contributed by atoms with van der Waals surface area (Å²) in [7, 11) is 0. The Balaban J connectivity index is 2.02. The van der Waals surface area contributed by atoms with Gasteiger partial charge in [-0.25, -0.2) is 4.39 Å². The lowest BCUT2D eigenvalue weighted by Gasteiger charge is -2.27. The van der Waals surface area contributed by atoms with Crippen LogP contribution in [0.4, 0.5) is 4.39 Å². The van der Waals surface area contributed by atoms with E-state index in [1.807, 2.05) is 6.07 Å². The number of hydrogen-bond acceptors (Lipinski definition) is 0. The Morgan fingerprint density at radius 1 is 1.24 bits per heavy atom. The summed E-state index contributed by atoms with van der Waals surface area (Å²) in [5.74, 6) is 1.05. The smallest absolute Gasteiger partial charge is 0.126 e. The summed E-state index contributed by atoms with van der Waals surface area (Å²) < 4.78 is 13.5. The van der Waals surface area contributed by atoms with Gasteiger partial charge in [0.1, 0.15) is 5.82 Å². The Bertz CT molecular complexity index is 403. The normalized spacial score (nSPS) is 25.4. The summed E-state index contributed by atoms with van der Waals surface area (Å²) in [6.07, 6.45) is 6.66. The van der Waals surface area contributed by atoms with E-state index in [1.165, 1.54) is 0 Å². The monoisotopic (exact) mass is 252 g/mol. The van der Waals surface area contributed by atoms with Crippen LogP contribution in [0.3, 0.4) is 0 Å². The predicted molar refractivity (Wildman–Crippen MR) is 70.8 cm³/mol. The minimum absolute atomic E-state index is 0.0784. The second-order valence-electron chi connectivity index (χ2n) is 4.94. The highest BCUT2D eigenvalue weighted by Gasteiger charge is 2.21. The van der Waals surface area contributed by atoms with Crippen molar-refractivity contribution in [3.8, 4) is 0 Å². The van der Waals surface area contributed by atoms with Crippen molar-refractivity contribution in [1.82, 2.24) is 0 Å². The third-order valence-electron chi connectivity index (χ3n) is 3.78. The maximum atomic E-state index is 13.5. The topological polar surface area (TPSA) is 0 Å². The van der Waals surface area contributed by atoms with Crippen LogP contribution in [-0.4, -0.2) is 0 Å². The summed E-state index contributed by atoms with van der Waals surface area (Å²) in [5.41, 5.74) is 3.50. The maximum absolute atomic E-state index is 13.5. The van der Waals surface area contributed by atoms with Gasteiger partial charge in [-0.1, -0.05) is 29.8 Å². The van der Waals surface area contributed by atoms with Gasteiger partial charge in [0.05, 0.1) is 0 Å². The van der Waals surface area contributed by atoms with Gasteiger partial charge in [0, 0.05) is 5.54 Å². The van der Waals surface area contributed by atoms with Crippen LogP contribution in [0.15, 0.2) is 29.8 Å². The van der Waals surface area contributed by atoms with Gasteiger partial charge in [0.25, 0.3) is 0 Å². The summed E-state index contributed by atoms with van der Waals surface area (Å²) in [6.45, 7) is 1.81. The quantitative estimate of drug-likeness (QED) is 0.682. The minimum atomic E-state index is -0.0784. The van der Waals surface area contributed by atoms with Crippen LogP contribution in [0.2, 0.25) is 0 Å². The lowest BCUT2D eigenvalue weighted by Crippen LogP contribution is -2.11. The van der Waals surface area contributed by atoms with Crippen LogP contribution < -0.4 is 0 Å². The fourth-order valence-corrected chi connectivity index (χ4v) is 2.82. The van der Waals surface area contributed by atoms with Crippen molar-refractivity contribution in [3.05, 3.63) is 46.8 Å². The fourth-order valence-electron chi connectivity index (χ4n) is 2.61. The molecule has 1 fully saturated rings. The van der Waals surface area contributed by atoms with Gasteiger partial charge in [0.15, 0.2) is 0 Å². The first kappa shape index (κ1) is 12.6. The maximum Gasteiger partial charge on any atom is 0.126 e. The van der Waals surface area contributed by atoms with Crippen LogP contribution in [0.5, 0.6) is 0 Å². The fraction of sp³-hybridized carbons (Fsp3) is 0.467. The molecule has 0 bridgehead atoms. The largest absolute Gasteiger partial charge is 0.207 e. The molecule has 0 unspecified atom stereocenters. The van der Waals surface area contributed by atoms with E-state index in [-0.39, 0.29) is 5.82 Å². The molecule has 0 atom stereocenters. The molecular formula is C15H18ClF. The van der Waals surface area contributed by atoms with E-state index in [0.29, 0.717) is 11.8 Å². The Morgan fingerprint density at radius 3 is 2.53 bits per heavy atom. The lowest BCUT2D eigenvalue weighted by atomic mass is 9.78. The molecule has 17 heavy (non-hydrogen) atoms. The van der Waals surface area contributed by atoms with Gasteiger partial charge in [-0.3, -0.25) is 0 Å². The van der Waals surface area contributed by atoms with Gasteiger partial charge in [-0.15, -0.1) is 0 Å². The molecule has 0 radical (unpaired) electrons. The van der Waals surface area contributed by atoms with Crippen molar-refractivity contribution in [2.24, 2.45) is 5.92 Å². The Hall–Kier alpha value is -0.820. The standard InChI is InChI=1S/C15H18ClF/c1-11-2-5-14(10-15(11)17)13-6-3-12(4-7-13)8-9-16/h2,5,8-10,12-13H,3-4,6-7H2,1H3/b9-8+/t12-,13-. The summed E-state index contributed by atoms with van der Waals surface area (Å²) in [6, 6.07) is 5.66. The van der Waals surface area contributed by atoms with Gasteiger partial charge >= 0.3 is 0 Å². The van der Waals surface area contributed by atoms with Crippen molar-refractivity contribution in [1.29, 1.82) is 0 Å². The Kier molecular flexibility index (Phi) is 4.22. The molecule has 1 saturated carbocycles. The minimum Gasteiger partial charge on any atom is -0.207 e. The highest BCUT2D eigenvalue weighted by molar-refractivity contribution is 6.25. The molecular weight excluding hydrogens is 235 g/mol. The number of aryl methyl sites for hydroxylation is 1. The number of rotatable bonds is 2. The molecule has 0 amide bonds. The molecule has 0 aliphatic heterocycles. The van der Waals surface area contributed by atoms with E-state index in [2.05, 4.69) is 12.1 Å². The van der Waals surface area contributed by atoms with Crippen molar-refractivity contribution in [2.75, 3.05) is 0 Å². The van der Waals surface area contributed by atoms with E-state index in [4.69, 9.17) is 11.6 Å². The number of benzene rings is 1. The second kappa shape index (κ2) is 5.68. The third-order valence-corrected chi connectivity index (χ3v) is 3.93. The van der Waals surface area contributed by atoms with Crippen LogP contribution in [0, 0.1) is 18.7 Å². The molecule has 0 saturated heterocycles. The highest BCUT2D eigenvalue weighted by atomic mass is 35.5. The number of hydrogen-bond donors (Lipinski definition) is 0. The molecule has 0 spiro atoms. The van der Waals surface area contributed by atoms with Gasteiger partial charge < -0.3 is 0 Å². The summed E-state index contributed by atoms with van der Waals surface area (Å²) in [5, 5.41) is 0. The number of allylic oxidation sites excluding steroid dienone is 1. The second-order valence-corrected chi connectivity index (χ2v) is 5.19. The molecule has 1 aliphatic rings. The summed E-state index contributed by atoms with van der Waals surface area (Å²) in [4.78, 5) is 0. The average Bonchev–Trinajstić information content (AvgIpc) is 2.34. The molecule has 1 aromatic carbocycles. The van der Waals surface area contributed by atoms with Crippen LogP contribution >= 0.6 is 11.6 Å². The van der Waals surface area contributed by atoms with E-state index in [0.717, 1.165) is 36.8 Å². The van der Waals surface area contributed by atoms with Crippen molar-refractivity contribution < 1.29 is 4.39 Å². The van der Waals surface area contributed by atoms with Crippen LogP contribution in [-0.2, 0) is 0 Å². The molecule has 0 aromatic heterocycles. The zero-order valence-corrected chi connectivity index (χ0v) is 10.9. The van der Waals surface area contributed by atoms with Gasteiger partial charge in [0.2, 0.25) is 0 Å². The first-order chi connectivity index (χ1) is 8.20. The third kappa shape index (κ3) is 3.10. The van der Waals surface area contributed by atoms with E-state index in [9.17, 15) is 4.39 Å². The van der Waals surface area contributed by atoms with Crippen molar-refractivity contribution >= 4 is 11.6 Å². The molecule has 1 aliphatic carbocycles. The lowest BCUT2D eigenvalue weighted by molar-refractivity contribution is 0.375. The zero-order valence-electron chi connectivity index (χ0n) is 10.1. The molecule has 92 valence electrons. The summed E-state index contributed by atoms with van der Waals surface area (Å²) >= 11 is 5.60. The molecule has 0 N–H and O–H groups in total. The zero-order chi connectivity index (χ0) is 12.3. The van der Waals surface area contributed by atoms with Crippen LogP contribution in [0.1, 0.15) is 42.7 Å².